The van der Waals surface area contributed by atoms with E-state index in [1.807, 2.05) is 30.3 Å². The van der Waals surface area contributed by atoms with Crippen molar-refractivity contribution in [1.82, 2.24) is 19.9 Å². The fraction of sp³-hybridized carbons (Fsp3) is 0.286. The molecular formula is C21H21FN4O. The number of piperidine rings is 1. The van der Waals surface area contributed by atoms with Gasteiger partial charge in [0, 0.05) is 18.8 Å². The van der Waals surface area contributed by atoms with E-state index in [2.05, 4.69) is 14.9 Å². The highest BCUT2D eigenvalue weighted by atomic mass is 19.1. The SMILES string of the molecule is O=c1cc([C@H]2CCCCN2Cc2ccc(F)cc2)nc(-c2ccccn2)[nH]1. The molecule has 1 aromatic carbocycles. The van der Waals surface area contributed by atoms with Crippen LogP contribution in [0.25, 0.3) is 11.5 Å². The van der Waals surface area contributed by atoms with Crippen molar-refractivity contribution < 1.29 is 4.39 Å². The molecule has 5 nitrogen and oxygen atoms in total. The molecule has 0 saturated carbocycles. The molecule has 0 amide bonds. The zero-order valence-electron chi connectivity index (χ0n) is 14.9. The van der Waals surface area contributed by atoms with E-state index in [1.165, 1.54) is 12.1 Å². The molecule has 1 aliphatic rings. The minimum absolute atomic E-state index is 0.0635. The van der Waals surface area contributed by atoms with Crippen LogP contribution < -0.4 is 5.56 Å². The van der Waals surface area contributed by atoms with E-state index in [0.717, 1.165) is 37.1 Å². The maximum Gasteiger partial charge on any atom is 0.251 e. The van der Waals surface area contributed by atoms with Gasteiger partial charge in [0.25, 0.3) is 5.56 Å². The lowest BCUT2D eigenvalue weighted by Gasteiger charge is -2.35. The molecule has 6 heteroatoms. The number of benzene rings is 1. The van der Waals surface area contributed by atoms with Crippen molar-refractivity contribution >= 4 is 0 Å². The summed E-state index contributed by atoms with van der Waals surface area (Å²) in [5, 5.41) is 0. The van der Waals surface area contributed by atoms with E-state index in [0.29, 0.717) is 18.1 Å². The van der Waals surface area contributed by atoms with Crippen LogP contribution in [-0.2, 0) is 6.54 Å². The van der Waals surface area contributed by atoms with Gasteiger partial charge in [-0.3, -0.25) is 14.7 Å². The Balaban J connectivity index is 1.64. The lowest BCUT2D eigenvalue weighted by Crippen LogP contribution is -2.34. The van der Waals surface area contributed by atoms with Crippen LogP contribution >= 0.6 is 0 Å². The van der Waals surface area contributed by atoms with E-state index in [9.17, 15) is 9.18 Å². The van der Waals surface area contributed by atoms with Crippen molar-refractivity contribution in [3.05, 3.63) is 82.2 Å². The standard InChI is InChI=1S/C21H21FN4O/c22-16-9-7-15(8-10-16)14-26-12-4-2-6-19(26)18-13-20(27)25-21(24-18)17-5-1-3-11-23-17/h1,3,5,7-11,13,19H,2,4,6,12,14H2,(H,24,25,27)/t19-/m1/s1. The van der Waals surface area contributed by atoms with Gasteiger partial charge in [0.05, 0.1) is 11.7 Å². The largest absolute Gasteiger partial charge is 0.305 e. The molecule has 1 saturated heterocycles. The molecular weight excluding hydrogens is 343 g/mol. The molecule has 3 aromatic rings. The van der Waals surface area contributed by atoms with Crippen LogP contribution in [0.4, 0.5) is 4.39 Å². The van der Waals surface area contributed by atoms with Gasteiger partial charge in [-0.1, -0.05) is 24.6 Å². The van der Waals surface area contributed by atoms with Crippen molar-refractivity contribution in [2.45, 2.75) is 31.8 Å². The number of nitrogens with one attached hydrogen (secondary N) is 1. The number of likely N-dealkylation sites (tertiary alicyclic amines) is 1. The molecule has 2 aromatic heterocycles. The molecule has 138 valence electrons. The molecule has 3 heterocycles. The van der Waals surface area contributed by atoms with Gasteiger partial charge in [-0.25, -0.2) is 9.37 Å². The highest BCUT2D eigenvalue weighted by Crippen LogP contribution is 2.31. The number of H-pyrrole nitrogens is 1. The summed E-state index contributed by atoms with van der Waals surface area (Å²) >= 11 is 0. The van der Waals surface area contributed by atoms with Gasteiger partial charge in [-0.2, -0.15) is 0 Å². The van der Waals surface area contributed by atoms with Crippen molar-refractivity contribution in [3.63, 3.8) is 0 Å². The summed E-state index contributed by atoms with van der Waals surface area (Å²) in [6.07, 6.45) is 4.83. The third kappa shape index (κ3) is 4.11. The van der Waals surface area contributed by atoms with Crippen LogP contribution in [0.15, 0.2) is 59.5 Å². The first-order valence-electron chi connectivity index (χ1n) is 9.20. The van der Waals surface area contributed by atoms with E-state index >= 15 is 0 Å². The summed E-state index contributed by atoms with van der Waals surface area (Å²) in [6, 6.07) is 13.8. The maximum atomic E-state index is 13.2. The number of hydrogen-bond donors (Lipinski definition) is 1. The van der Waals surface area contributed by atoms with E-state index in [-0.39, 0.29) is 17.4 Å². The topological polar surface area (TPSA) is 61.9 Å². The second-order valence-corrected chi connectivity index (χ2v) is 6.84. The van der Waals surface area contributed by atoms with E-state index in [1.54, 1.807) is 12.3 Å². The lowest BCUT2D eigenvalue weighted by atomic mass is 9.98. The molecule has 1 atom stereocenters. The number of halogens is 1. The maximum absolute atomic E-state index is 13.2. The zero-order valence-corrected chi connectivity index (χ0v) is 14.9. The van der Waals surface area contributed by atoms with Gasteiger partial charge in [0.2, 0.25) is 0 Å². The first-order valence-corrected chi connectivity index (χ1v) is 9.20. The monoisotopic (exact) mass is 364 g/mol. The van der Waals surface area contributed by atoms with Gasteiger partial charge in [0.15, 0.2) is 5.82 Å². The number of nitrogens with zero attached hydrogens (tertiary/aromatic N) is 3. The molecule has 0 spiro atoms. The Morgan fingerprint density at radius 3 is 2.78 bits per heavy atom. The molecule has 4 rings (SSSR count). The Morgan fingerprint density at radius 2 is 2.00 bits per heavy atom. The summed E-state index contributed by atoms with van der Waals surface area (Å²) in [6.45, 7) is 1.63. The fourth-order valence-corrected chi connectivity index (χ4v) is 3.61. The third-order valence-corrected chi connectivity index (χ3v) is 4.92. The molecule has 0 unspecified atom stereocenters. The summed E-state index contributed by atoms with van der Waals surface area (Å²) in [4.78, 5) is 26.4. The van der Waals surface area contributed by atoms with Crippen molar-refractivity contribution in [3.8, 4) is 11.5 Å². The number of hydrogen-bond acceptors (Lipinski definition) is 4. The van der Waals surface area contributed by atoms with Crippen molar-refractivity contribution in [1.29, 1.82) is 0 Å². The van der Waals surface area contributed by atoms with E-state index < -0.39 is 0 Å². The van der Waals surface area contributed by atoms with Gasteiger partial charge >= 0.3 is 0 Å². The molecule has 1 fully saturated rings. The lowest BCUT2D eigenvalue weighted by molar-refractivity contribution is 0.137. The normalized spacial score (nSPS) is 17.7. The molecule has 0 radical (unpaired) electrons. The van der Waals surface area contributed by atoms with Crippen molar-refractivity contribution in [2.75, 3.05) is 6.54 Å². The van der Waals surface area contributed by atoms with Crippen LogP contribution in [0.2, 0.25) is 0 Å². The highest BCUT2D eigenvalue weighted by Gasteiger charge is 2.26. The molecule has 27 heavy (non-hydrogen) atoms. The molecule has 1 aliphatic heterocycles. The smallest absolute Gasteiger partial charge is 0.251 e. The van der Waals surface area contributed by atoms with Crippen LogP contribution in [-0.4, -0.2) is 26.4 Å². The average Bonchev–Trinajstić information content (AvgIpc) is 2.70. The van der Waals surface area contributed by atoms with Gasteiger partial charge in [-0.15, -0.1) is 0 Å². The Morgan fingerprint density at radius 1 is 1.15 bits per heavy atom. The fourth-order valence-electron chi connectivity index (χ4n) is 3.61. The van der Waals surface area contributed by atoms with Crippen molar-refractivity contribution in [2.24, 2.45) is 0 Å². The number of aromatic nitrogens is 3. The Labute approximate surface area is 156 Å². The Kier molecular flexibility index (Phi) is 5.07. The quantitative estimate of drug-likeness (QED) is 0.767. The molecule has 1 N–H and O–H groups in total. The zero-order chi connectivity index (χ0) is 18.6. The first kappa shape index (κ1) is 17.5. The second-order valence-electron chi connectivity index (χ2n) is 6.84. The minimum Gasteiger partial charge on any atom is -0.305 e. The van der Waals surface area contributed by atoms with Gasteiger partial charge in [0.1, 0.15) is 11.5 Å². The van der Waals surface area contributed by atoms with Gasteiger partial charge < -0.3 is 4.98 Å². The highest BCUT2D eigenvalue weighted by molar-refractivity contribution is 5.48. The van der Waals surface area contributed by atoms with Crippen LogP contribution in [0, 0.1) is 5.82 Å². The predicted octanol–water partition coefficient (Wildman–Crippen LogP) is 3.70. The minimum atomic E-state index is -0.231. The van der Waals surface area contributed by atoms with Crippen LogP contribution in [0.5, 0.6) is 0 Å². The number of rotatable bonds is 4. The summed E-state index contributed by atoms with van der Waals surface area (Å²) in [5.41, 5.74) is 2.30. The third-order valence-electron chi connectivity index (χ3n) is 4.92. The Bertz CT molecular complexity index is 956. The average molecular weight is 364 g/mol. The Hall–Kier alpha value is -2.86. The van der Waals surface area contributed by atoms with Crippen LogP contribution in [0.1, 0.15) is 36.6 Å². The number of aromatic amines is 1. The second kappa shape index (κ2) is 7.80. The summed E-state index contributed by atoms with van der Waals surface area (Å²) in [7, 11) is 0. The van der Waals surface area contributed by atoms with Gasteiger partial charge in [-0.05, 0) is 49.2 Å². The number of pyridine rings is 1. The van der Waals surface area contributed by atoms with Crippen LogP contribution in [0.3, 0.4) is 0 Å². The summed E-state index contributed by atoms with van der Waals surface area (Å²) in [5.74, 6) is 0.260. The predicted molar refractivity (Wildman–Crippen MR) is 101 cm³/mol. The van der Waals surface area contributed by atoms with E-state index in [4.69, 9.17) is 4.98 Å². The molecule has 0 bridgehead atoms. The molecule has 0 aliphatic carbocycles. The summed E-state index contributed by atoms with van der Waals surface area (Å²) < 4.78 is 13.2. The first-order chi connectivity index (χ1) is 13.2.